The SMILES string of the molecule is O=C(c1ccccc1)C1OC12CC2. The zero-order chi connectivity index (χ0) is 8.89. The maximum atomic E-state index is 11.7. The second-order valence-corrected chi connectivity index (χ2v) is 3.79. The van der Waals surface area contributed by atoms with Gasteiger partial charge in [0.05, 0.1) is 0 Å². The molecule has 0 aromatic heterocycles. The van der Waals surface area contributed by atoms with Crippen LogP contribution in [0.25, 0.3) is 0 Å². The van der Waals surface area contributed by atoms with Crippen LogP contribution in [0, 0.1) is 0 Å². The van der Waals surface area contributed by atoms with E-state index in [1.807, 2.05) is 30.3 Å². The van der Waals surface area contributed by atoms with Crippen molar-refractivity contribution in [1.82, 2.24) is 0 Å². The Bertz CT molecular complexity index is 352. The van der Waals surface area contributed by atoms with Crippen molar-refractivity contribution in [3.8, 4) is 0 Å². The van der Waals surface area contributed by atoms with Gasteiger partial charge in [0.15, 0.2) is 11.9 Å². The first-order chi connectivity index (χ1) is 6.32. The first-order valence-corrected chi connectivity index (χ1v) is 4.59. The lowest BCUT2D eigenvalue weighted by atomic mass is 10.1. The van der Waals surface area contributed by atoms with E-state index < -0.39 is 0 Å². The van der Waals surface area contributed by atoms with Gasteiger partial charge in [0.25, 0.3) is 0 Å². The largest absolute Gasteiger partial charge is 0.357 e. The number of Topliss-reactive ketones (excluding diaryl/α,β-unsaturated/α-hetero) is 1. The molecule has 1 aliphatic carbocycles. The molecule has 2 aliphatic rings. The fraction of sp³-hybridized carbons (Fsp3) is 0.364. The van der Waals surface area contributed by atoms with Crippen LogP contribution in [0.5, 0.6) is 0 Å². The predicted octanol–water partition coefficient (Wildman–Crippen LogP) is 1.80. The summed E-state index contributed by atoms with van der Waals surface area (Å²) in [4.78, 5) is 11.7. The zero-order valence-electron chi connectivity index (χ0n) is 7.19. The molecule has 13 heavy (non-hydrogen) atoms. The molecule has 1 saturated heterocycles. The van der Waals surface area contributed by atoms with Crippen LogP contribution in [0.3, 0.4) is 0 Å². The summed E-state index contributed by atoms with van der Waals surface area (Å²) in [6.45, 7) is 0. The maximum absolute atomic E-state index is 11.7. The molecule has 66 valence electrons. The normalized spacial score (nSPS) is 27.2. The van der Waals surface area contributed by atoms with Gasteiger partial charge in [-0.1, -0.05) is 30.3 Å². The summed E-state index contributed by atoms with van der Waals surface area (Å²) in [6, 6.07) is 9.38. The topological polar surface area (TPSA) is 29.6 Å². The number of ether oxygens (including phenoxy) is 1. The van der Waals surface area contributed by atoms with E-state index in [-0.39, 0.29) is 17.5 Å². The number of hydrogen-bond donors (Lipinski definition) is 0. The van der Waals surface area contributed by atoms with Gasteiger partial charge in [-0.2, -0.15) is 0 Å². The molecule has 2 nitrogen and oxygen atoms in total. The van der Waals surface area contributed by atoms with E-state index in [0.717, 1.165) is 18.4 Å². The van der Waals surface area contributed by atoms with Crippen LogP contribution in [0.2, 0.25) is 0 Å². The third-order valence-corrected chi connectivity index (χ3v) is 2.81. The zero-order valence-corrected chi connectivity index (χ0v) is 7.19. The number of ketones is 1. The van der Waals surface area contributed by atoms with Crippen molar-refractivity contribution >= 4 is 5.78 Å². The van der Waals surface area contributed by atoms with Crippen LogP contribution >= 0.6 is 0 Å². The molecular formula is C11H10O2. The van der Waals surface area contributed by atoms with E-state index in [2.05, 4.69) is 0 Å². The molecule has 0 bridgehead atoms. The van der Waals surface area contributed by atoms with Crippen LogP contribution < -0.4 is 0 Å². The molecule has 1 aromatic rings. The quantitative estimate of drug-likeness (QED) is 0.505. The Hall–Kier alpha value is -1.15. The Labute approximate surface area is 76.5 Å². The molecule has 3 rings (SSSR count). The number of benzene rings is 1. The highest BCUT2D eigenvalue weighted by Gasteiger charge is 2.68. The van der Waals surface area contributed by atoms with Gasteiger partial charge in [-0.25, -0.2) is 0 Å². The summed E-state index contributed by atoms with van der Waals surface area (Å²) in [5.41, 5.74) is 0.767. The minimum Gasteiger partial charge on any atom is -0.357 e. The fourth-order valence-electron chi connectivity index (χ4n) is 1.75. The standard InChI is InChI=1S/C11H10O2/c12-9(8-4-2-1-3-5-8)10-11(13-10)6-7-11/h1-5,10H,6-7H2. The summed E-state index contributed by atoms with van der Waals surface area (Å²) >= 11 is 0. The maximum Gasteiger partial charge on any atom is 0.194 e. The molecule has 1 unspecified atom stereocenters. The highest BCUT2D eigenvalue weighted by Crippen LogP contribution is 2.57. The molecule has 0 amide bonds. The summed E-state index contributed by atoms with van der Waals surface area (Å²) in [5, 5.41) is 0. The fourth-order valence-corrected chi connectivity index (χ4v) is 1.75. The minimum atomic E-state index is -0.130. The first-order valence-electron chi connectivity index (χ1n) is 4.59. The van der Waals surface area contributed by atoms with Crippen molar-refractivity contribution in [3.63, 3.8) is 0 Å². The lowest BCUT2D eigenvalue weighted by molar-refractivity contribution is 0.0953. The van der Waals surface area contributed by atoms with Gasteiger partial charge in [-0.15, -0.1) is 0 Å². The Balaban J connectivity index is 1.83. The van der Waals surface area contributed by atoms with E-state index in [9.17, 15) is 4.79 Å². The van der Waals surface area contributed by atoms with Crippen LogP contribution in [-0.4, -0.2) is 17.5 Å². The summed E-state index contributed by atoms with van der Waals surface area (Å²) in [7, 11) is 0. The summed E-state index contributed by atoms with van der Waals surface area (Å²) < 4.78 is 5.38. The van der Waals surface area contributed by atoms with Gasteiger partial charge in [0.1, 0.15) is 5.60 Å². The Kier molecular flexibility index (Phi) is 1.23. The van der Waals surface area contributed by atoms with Crippen LogP contribution in [0.4, 0.5) is 0 Å². The molecule has 1 aliphatic heterocycles. The van der Waals surface area contributed by atoms with Crippen molar-refractivity contribution in [3.05, 3.63) is 35.9 Å². The monoisotopic (exact) mass is 174 g/mol. The van der Waals surface area contributed by atoms with Crippen molar-refractivity contribution < 1.29 is 9.53 Å². The van der Waals surface area contributed by atoms with Crippen molar-refractivity contribution in [2.45, 2.75) is 24.5 Å². The Morgan fingerprint density at radius 3 is 2.54 bits per heavy atom. The van der Waals surface area contributed by atoms with Gasteiger partial charge in [0, 0.05) is 5.56 Å². The second kappa shape index (κ2) is 2.20. The number of carbonyl (C=O) groups is 1. The van der Waals surface area contributed by atoms with E-state index >= 15 is 0 Å². The molecule has 1 heterocycles. The van der Waals surface area contributed by atoms with E-state index in [4.69, 9.17) is 4.74 Å². The lowest BCUT2D eigenvalue weighted by Crippen LogP contribution is -2.10. The molecule has 2 heteroatoms. The predicted molar refractivity (Wildman–Crippen MR) is 47.6 cm³/mol. The molecule has 1 aromatic carbocycles. The first kappa shape index (κ1) is 7.27. The van der Waals surface area contributed by atoms with Crippen molar-refractivity contribution in [1.29, 1.82) is 0 Å². The average Bonchev–Trinajstić information content (AvgIpc) is 3.09. The molecule has 0 radical (unpaired) electrons. The van der Waals surface area contributed by atoms with Crippen molar-refractivity contribution in [2.75, 3.05) is 0 Å². The lowest BCUT2D eigenvalue weighted by Gasteiger charge is -1.94. The smallest absolute Gasteiger partial charge is 0.194 e. The van der Waals surface area contributed by atoms with Crippen LogP contribution in [0.15, 0.2) is 30.3 Å². The number of rotatable bonds is 2. The molecule has 1 spiro atoms. The highest BCUT2D eigenvalue weighted by atomic mass is 16.6. The second-order valence-electron chi connectivity index (χ2n) is 3.79. The van der Waals surface area contributed by atoms with Gasteiger partial charge in [-0.05, 0) is 12.8 Å². The van der Waals surface area contributed by atoms with Crippen LogP contribution in [-0.2, 0) is 4.74 Å². The van der Waals surface area contributed by atoms with Gasteiger partial charge in [-0.3, -0.25) is 4.79 Å². The van der Waals surface area contributed by atoms with Gasteiger partial charge >= 0.3 is 0 Å². The van der Waals surface area contributed by atoms with E-state index in [1.165, 1.54) is 0 Å². The molecule has 1 atom stereocenters. The minimum absolute atomic E-state index is 0.00702. The van der Waals surface area contributed by atoms with Crippen molar-refractivity contribution in [2.24, 2.45) is 0 Å². The number of hydrogen-bond acceptors (Lipinski definition) is 2. The average molecular weight is 174 g/mol. The number of carbonyl (C=O) groups excluding carboxylic acids is 1. The van der Waals surface area contributed by atoms with Gasteiger partial charge in [0.2, 0.25) is 0 Å². The molecule has 1 saturated carbocycles. The van der Waals surface area contributed by atoms with Gasteiger partial charge < -0.3 is 4.74 Å². The number of epoxide rings is 1. The molecule has 0 N–H and O–H groups in total. The Morgan fingerprint density at radius 1 is 1.31 bits per heavy atom. The highest BCUT2D eigenvalue weighted by molar-refractivity contribution is 6.02. The molecular weight excluding hydrogens is 164 g/mol. The Morgan fingerprint density at radius 2 is 2.00 bits per heavy atom. The summed E-state index contributed by atoms with van der Waals surface area (Å²) in [6.07, 6.45) is 2.00. The third-order valence-electron chi connectivity index (χ3n) is 2.81. The summed E-state index contributed by atoms with van der Waals surface area (Å²) in [5.74, 6) is 0.151. The van der Waals surface area contributed by atoms with E-state index in [0.29, 0.717) is 0 Å². The third kappa shape index (κ3) is 1.02. The van der Waals surface area contributed by atoms with Crippen LogP contribution in [0.1, 0.15) is 23.2 Å². The van der Waals surface area contributed by atoms with E-state index in [1.54, 1.807) is 0 Å². The molecule has 2 fully saturated rings.